The van der Waals surface area contributed by atoms with Gasteiger partial charge in [0, 0.05) is 27.5 Å². The Kier molecular flexibility index (Phi) is 49.9. The monoisotopic (exact) mass is 414 g/mol. The van der Waals surface area contributed by atoms with Gasteiger partial charge in [0.2, 0.25) is 0 Å². The summed E-state index contributed by atoms with van der Waals surface area (Å²) in [5, 5.41) is 0. The van der Waals surface area contributed by atoms with Crippen molar-refractivity contribution in [1.29, 1.82) is 0 Å². The van der Waals surface area contributed by atoms with Gasteiger partial charge in [0.25, 0.3) is 0 Å². The van der Waals surface area contributed by atoms with Gasteiger partial charge in [-0.3, -0.25) is 0 Å². The van der Waals surface area contributed by atoms with Crippen LogP contribution in [0.15, 0.2) is 0 Å². The minimum Gasteiger partial charge on any atom is -0.672 e. The minimum absolute atomic E-state index is 0. The van der Waals surface area contributed by atoms with E-state index in [2.05, 4.69) is 0 Å². The molecule has 0 atom stereocenters. The van der Waals surface area contributed by atoms with Gasteiger partial charge in [0.05, 0.1) is 0 Å². The molecule has 9 nitrogen and oxygen atoms in total. The summed E-state index contributed by atoms with van der Waals surface area (Å²) in [6.45, 7) is 0. The maximum absolute atomic E-state index is 8.52. The van der Waals surface area contributed by atoms with E-state index in [1.54, 1.807) is 0 Å². The van der Waals surface area contributed by atoms with Crippen LogP contribution in [-0.4, -0.2) is 76.4 Å². The zero-order valence-corrected chi connectivity index (χ0v) is 15.4. The zero-order chi connectivity index (χ0) is 10.7. The van der Waals surface area contributed by atoms with Crippen molar-refractivity contribution in [2.75, 3.05) is 0 Å². The standard InChI is InChI=1S/Ba.3O3Si.Ti/c;3*1-4(2)3;/q+2;3*-2;+4. The Bertz CT molecular complexity index is 118. The van der Waals surface area contributed by atoms with Crippen LogP contribution >= 0.6 is 0 Å². The van der Waals surface area contributed by atoms with Crippen molar-refractivity contribution in [1.82, 2.24) is 0 Å². The van der Waals surface area contributed by atoms with E-state index in [0.717, 1.165) is 0 Å². The summed E-state index contributed by atoms with van der Waals surface area (Å²) in [5.74, 6) is 0. The summed E-state index contributed by atoms with van der Waals surface area (Å²) in [5.41, 5.74) is 0. The van der Waals surface area contributed by atoms with E-state index >= 15 is 0 Å². The Morgan fingerprint density at radius 1 is 0.571 bits per heavy atom. The van der Waals surface area contributed by atoms with E-state index in [9.17, 15) is 0 Å². The summed E-state index contributed by atoms with van der Waals surface area (Å²) >= 11 is 0. The average Bonchev–Trinajstić information content (AvgIpc) is 1.54. The van der Waals surface area contributed by atoms with Gasteiger partial charge in [0.15, 0.2) is 0 Å². The van der Waals surface area contributed by atoms with Crippen LogP contribution in [-0.2, 0) is 35.1 Å². The van der Waals surface area contributed by atoms with Gasteiger partial charge < -0.3 is 42.2 Å². The van der Waals surface area contributed by atoms with Crippen molar-refractivity contribution in [2.45, 2.75) is 0 Å². The molecular formula is BaO9Si3Ti. The molecular weight excluding hydrogens is 413 g/mol. The first-order valence-corrected chi connectivity index (χ1v) is 5.51. The fourth-order valence-electron chi connectivity index (χ4n) is 0. The molecule has 0 rings (SSSR count). The summed E-state index contributed by atoms with van der Waals surface area (Å²) in [7, 11) is -10.9. The molecule has 14 heteroatoms. The van der Waals surface area contributed by atoms with Crippen LogP contribution in [0, 0.1) is 0 Å². The molecule has 0 spiro atoms. The molecule has 14 heavy (non-hydrogen) atoms. The third kappa shape index (κ3) is 1500. The predicted molar refractivity (Wildman–Crippen MR) is 25.1 cm³/mol. The first-order chi connectivity index (χ1) is 5.20. The molecule has 0 aromatic heterocycles. The molecule has 0 amide bonds. The smallest absolute Gasteiger partial charge is 0.672 e. The van der Waals surface area contributed by atoms with E-state index < -0.39 is 27.5 Å². The molecule has 0 aliphatic carbocycles. The van der Waals surface area contributed by atoms with Crippen molar-refractivity contribution in [2.24, 2.45) is 0 Å². The number of hydrogen-bond donors (Lipinski definition) is 0. The van der Waals surface area contributed by atoms with Crippen molar-refractivity contribution >= 4 is 76.4 Å². The predicted octanol–water partition coefficient (Wildman–Crippen LogP) is -9.02. The molecule has 0 aromatic carbocycles. The van der Waals surface area contributed by atoms with Crippen LogP contribution in [0.3, 0.4) is 0 Å². The van der Waals surface area contributed by atoms with E-state index in [1.165, 1.54) is 0 Å². The topological polar surface area (TPSA) is 190 Å². The van der Waals surface area contributed by atoms with Crippen molar-refractivity contribution in [3.8, 4) is 0 Å². The third-order valence-electron chi connectivity index (χ3n) is 0. The molecule has 0 unspecified atom stereocenters. The molecule has 0 heterocycles. The molecule has 0 fully saturated rings. The Morgan fingerprint density at radius 2 is 0.571 bits per heavy atom. The fraction of sp³-hybridized carbons (Fsp3) is 0. The Morgan fingerprint density at radius 3 is 0.571 bits per heavy atom. The summed E-state index contributed by atoms with van der Waals surface area (Å²) < 4.78 is 25.6. The van der Waals surface area contributed by atoms with Gasteiger partial charge in [-0.05, 0) is 0 Å². The van der Waals surface area contributed by atoms with Crippen LogP contribution in [0.4, 0.5) is 0 Å². The second-order valence-corrected chi connectivity index (χ2v) is 2.25. The Hall–Kier alpha value is 1.14. The summed E-state index contributed by atoms with van der Waals surface area (Å²) in [6, 6.07) is 0. The molecule has 0 radical (unpaired) electrons. The van der Waals surface area contributed by atoms with Gasteiger partial charge in [-0.2, -0.15) is 0 Å². The first kappa shape index (κ1) is 29.4. The van der Waals surface area contributed by atoms with Gasteiger partial charge in [-0.15, -0.1) is 0 Å². The molecule has 0 bridgehead atoms. The molecule has 0 saturated carbocycles. The maximum atomic E-state index is 8.52. The SMILES string of the molecule is O=[Si]([O-])[O-].O=[Si]([O-])[O-].O=[Si]([O-])[O-].[Ba+2].[Ti+4]. The van der Waals surface area contributed by atoms with E-state index in [-0.39, 0.29) is 70.6 Å². The largest absolute Gasteiger partial charge is 4.00 e. The summed E-state index contributed by atoms with van der Waals surface area (Å²) in [4.78, 5) is 51.1. The van der Waals surface area contributed by atoms with Crippen molar-refractivity contribution < 1.29 is 63.9 Å². The summed E-state index contributed by atoms with van der Waals surface area (Å²) in [6.07, 6.45) is 0. The average molecular weight is 413 g/mol. The van der Waals surface area contributed by atoms with E-state index in [4.69, 9.17) is 42.2 Å². The van der Waals surface area contributed by atoms with Gasteiger partial charge in [-0.1, -0.05) is 0 Å². The Labute approximate surface area is 138 Å². The molecule has 0 N–H and O–H groups in total. The number of rotatable bonds is 0. The molecule has 0 aliphatic heterocycles. The van der Waals surface area contributed by atoms with Crippen LogP contribution in [0.2, 0.25) is 0 Å². The fourth-order valence-corrected chi connectivity index (χ4v) is 0. The zero-order valence-electron chi connectivity index (χ0n) is 6.38. The maximum Gasteiger partial charge on any atom is 4.00 e. The van der Waals surface area contributed by atoms with Crippen molar-refractivity contribution in [3.63, 3.8) is 0 Å². The van der Waals surface area contributed by atoms with E-state index in [0.29, 0.717) is 0 Å². The van der Waals surface area contributed by atoms with Crippen molar-refractivity contribution in [3.05, 3.63) is 0 Å². The van der Waals surface area contributed by atoms with Gasteiger partial charge >= 0.3 is 70.6 Å². The number of hydrogen-bond acceptors (Lipinski definition) is 9. The van der Waals surface area contributed by atoms with Crippen LogP contribution in [0.5, 0.6) is 0 Å². The van der Waals surface area contributed by atoms with Crippen LogP contribution in [0.25, 0.3) is 0 Å². The van der Waals surface area contributed by atoms with Gasteiger partial charge in [0.1, 0.15) is 0 Å². The third-order valence-corrected chi connectivity index (χ3v) is 0. The molecule has 0 aromatic rings. The van der Waals surface area contributed by atoms with Crippen LogP contribution in [0.1, 0.15) is 0 Å². The second-order valence-electron chi connectivity index (χ2n) is 0.750. The molecule has 0 saturated heterocycles. The van der Waals surface area contributed by atoms with Gasteiger partial charge in [-0.25, -0.2) is 0 Å². The first-order valence-electron chi connectivity index (χ1n) is 1.84. The normalized spacial score (nSPS) is 5.14. The minimum atomic E-state index is -3.63. The Balaban J connectivity index is -0.0000000270. The van der Waals surface area contributed by atoms with Crippen LogP contribution < -0.4 is 28.8 Å². The van der Waals surface area contributed by atoms with E-state index in [1.807, 2.05) is 0 Å². The quantitative estimate of drug-likeness (QED) is 0.347. The molecule has 0 aliphatic rings. The molecule has 72 valence electrons. The second kappa shape index (κ2) is 23.7.